The zero-order valence-corrected chi connectivity index (χ0v) is 5.52. The number of nitrogens with one attached hydrogen (secondary N) is 1. The topological polar surface area (TPSA) is 67.3 Å². The number of rotatable bonds is 1. The van der Waals surface area contributed by atoms with Crippen LogP contribution in [-0.4, -0.2) is 25.6 Å². The molecule has 2 aromatic rings. The van der Waals surface area contributed by atoms with E-state index < -0.39 is 0 Å². The predicted octanol–water partition coefficient (Wildman–Crippen LogP) is 0.0619. The number of hydrogen-bond acceptors (Lipinski definition) is 4. The van der Waals surface area contributed by atoms with Crippen LogP contribution in [0.5, 0.6) is 0 Å². The number of H-pyrrole nitrogens is 1. The van der Waals surface area contributed by atoms with Gasteiger partial charge in [-0.3, -0.25) is 5.10 Å². The summed E-state index contributed by atoms with van der Waals surface area (Å²) >= 11 is 0. The maximum atomic E-state index is 3.83. The largest absolute Gasteiger partial charge is 0.255 e. The highest BCUT2D eigenvalue weighted by Gasteiger charge is 1.99. The van der Waals surface area contributed by atoms with Crippen LogP contribution < -0.4 is 0 Å². The van der Waals surface area contributed by atoms with Gasteiger partial charge in [-0.25, -0.2) is 0 Å². The van der Waals surface area contributed by atoms with E-state index in [1.807, 2.05) is 0 Å². The Bertz CT molecular complexity index is 314. The summed E-state index contributed by atoms with van der Waals surface area (Å²) < 4.78 is 0. The lowest BCUT2D eigenvalue weighted by molar-refractivity contribution is 0.935. The van der Waals surface area contributed by atoms with E-state index in [9.17, 15) is 0 Å². The molecule has 5 nitrogen and oxygen atoms in total. The van der Waals surface area contributed by atoms with Gasteiger partial charge < -0.3 is 0 Å². The minimum atomic E-state index is 0.651. The molecule has 0 fully saturated rings. The predicted molar refractivity (Wildman–Crippen MR) is 36.2 cm³/mol. The average molecular weight is 146 g/mol. The molecule has 0 bridgehead atoms. The van der Waals surface area contributed by atoms with Crippen LogP contribution in [0.4, 0.5) is 0 Å². The van der Waals surface area contributed by atoms with Crippen LogP contribution in [0.3, 0.4) is 0 Å². The van der Waals surface area contributed by atoms with Crippen molar-refractivity contribution in [2.24, 2.45) is 0 Å². The van der Waals surface area contributed by atoms with Crippen LogP contribution in [-0.2, 0) is 0 Å². The molecule has 0 spiro atoms. The van der Waals surface area contributed by atoms with Gasteiger partial charge in [-0.1, -0.05) is 5.21 Å². The van der Waals surface area contributed by atoms with E-state index in [4.69, 9.17) is 0 Å². The van der Waals surface area contributed by atoms with Crippen molar-refractivity contribution >= 4 is 0 Å². The Morgan fingerprint density at radius 1 is 1.45 bits per heavy atom. The van der Waals surface area contributed by atoms with Crippen LogP contribution in [0.1, 0.15) is 0 Å². The second-order valence-electron chi connectivity index (χ2n) is 1.91. The molecular weight excluding hydrogens is 142 g/mol. The molecule has 2 rings (SSSR count). The summed E-state index contributed by atoms with van der Waals surface area (Å²) in [4.78, 5) is 0. The Hall–Kier alpha value is -1.78. The van der Waals surface area contributed by atoms with E-state index in [2.05, 4.69) is 31.8 Å². The minimum absolute atomic E-state index is 0.651. The molecule has 0 aliphatic heterocycles. The molecule has 11 heavy (non-hydrogen) atoms. The van der Waals surface area contributed by atoms with Crippen molar-refractivity contribution in [3.8, 4) is 11.4 Å². The van der Waals surface area contributed by atoms with E-state index in [0.29, 0.717) is 11.4 Å². The van der Waals surface area contributed by atoms with Crippen molar-refractivity contribution in [1.82, 2.24) is 25.6 Å². The van der Waals surface area contributed by atoms with Gasteiger partial charge in [0.1, 0.15) is 17.6 Å². The third-order valence-electron chi connectivity index (χ3n) is 1.20. The Labute approximate surface area is 62.5 Å². The molecule has 0 aliphatic carbocycles. The van der Waals surface area contributed by atoms with Gasteiger partial charge in [-0.05, 0) is 12.1 Å². The molecule has 1 radical (unpaired) electrons. The third-order valence-corrected chi connectivity index (χ3v) is 1.20. The summed E-state index contributed by atoms with van der Waals surface area (Å²) in [5, 5.41) is 17.2. The van der Waals surface area contributed by atoms with E-state index in [1.54, 1.807) is 18.3 Å². The van der Waals surface area contributed by atoms with Crippen LogP contribution in [0.2, 0.25) is 0 Å². The van der Waals surface area contributed by atoms with Gasteiger partial charge in [-0.15, -0.1) is 10.2 Å². The molecule has 2 heterocycles. The van der Waals surface area contributed by atoms with Crippen molar-refractivity contribution in [2.45, 2.75) is 0 Å². The molecular formula is C6H4N5. The van der Waals surface area contributed by atoms with Crippen LogP contribution in [0.25, 0.3) is 11.4 Å². The molecule has 0 aromatic carbocycles. The molecule has 0 saturated carbocycles. The van der Waals surface area contributed by atoms with Gasteiger partial charge in [0.05, 0.1) is 0 Å². The molecule has 5 heteroatoms. The van der Waals surface area contributed by atoms with Gasteiger partial charge in [0.2, 0.25) is 0 Å². The summed E-state index contributed by atoms with van der Waals surface area (Å²) in [6, 6.07) is 3.59. The fourth-order valence-electron chi connectivity index (χ4n) is 0.724. The lowest BCUT2D eigenvalue weighted by Crippen LogP contribution is -1.85. The first kappa shape index (κ1) is 5.96. The first-order valence-electron chi connectivity index (χ1n) is 3.03. The Kier molecular flexibility index (Phi) is 1.33. The SMILES string of the molecule is [c]1nn[nH]c1-c1cccnn1. The second-order valence-corrected chi connectivity index (χ2v) is 1.91. The molecule has 0 saturated heterocycles. The van der Waals surface area contributed by atoms with Gasteiger partial charge in [0.25, 0.3) is 0 Å². The first-order chi connectivity index (χ1) is 5.47. The second kappa shape index (κ2) is 2.45. The summed E-state index contributed by atoms with van der Waals surface area (Å²) in [6.07, 6.45) is 4.24. The van der Waals surface area contributed by atoms with Crippen molar-refractivity contribution in [2.75, 3.05) is 0 Å². The zero-order chi connectivity index (χ0) is 7.52. The standard InChI is InChI=1S/C6H4N5/c1-2-5(9-7-3-1)6-4-8-11-10-6/h1-3H,(H,8,10,11). The third kappa shape index (κ3) is 1.07. The highest BCUT2D eigenvalue weighted by molar-refractivity contribution is 5.49. The molecule has 53 valence electrons. The lowest BCUT2D eigenvalue weighted by Gasteiger charge is -1.89. The molecule has 0 atom stereocenters. The summed E-state index contributed by atoms with van der Waals surface area (Å²) in [7, 11) is 0. The number of nitrogens with zero attached hydrogens (tertiary/aromatic N) is 4. The molecule has 1 N–H and O–H groups in total. The summed E-state index contributed by atoms with van der Waals surface area (Å²) in [5.74, 6) is 0. The van der Waals surface area contributed by atoms with Gasteiger partial charge in [0.15, 0.2) is 0 Å². The van der Waals surface area contributed by atoms with Crippen LogP contribution >= 0.6 is 0 Å². The Balaban J connectivity index is 2.46. The van der Waals surface area contributed by atoms with Crippen LogP contribution in [0, 0.1) is 6.20 Å². The quantitative estimate of drug-likeness (QED) is 0.617. The number of aromatic amines is 1. The van der Waals surface area contributed by atoms with Crippen molar-refractivity contribution in [3.63, 3.8) is 0 Å². The van der Waals surface area contributed by atoms with Crippen molar-refractivity contribution < 1.29 is 0 Å². The van der Waals surface area contributed by atoms with Crippen LogP contribution in [0.15, 0.2) is 18.3 Å². The van der Waals surface area contributed by atoms with Gasteiger partial charge in [-0.2, -0.15) is 5.10 Å². The molecule has 0 amide bonds. The van der Waals surface area contributed by atoms with E-state index in [0.717, 1.165) is 0 Å². The zero-order valence-electron chi connectivity index (χ0n) is 5.52. The molecule has 0 unspecified atom stereocenters. The summed E-state index contributed by atoms with van der Waals surface area (Å²) in [6.45, 7) is 0. The maximum absolute atomic E-state index is 3.83. The minimum Gasteiger partial charge on any atom is -0.255 e. The number of aromatic nitrogens is 5. The van der Waals surface area contributed by atoms with E-state index in [1.165, 1.54) is 0 Å². The average Bonchev–Trinajstić information content (AvgIpc) is 2.58. The van der Waals surface area contributed by atoms with Crippen molar-refractivity contribution in [3.05, 3.63) is 24.5 Å². The van der Waals surface area contributed by atoms with Crippen molar-refractivity contribution in [1.29, 1.82) is 0 Å². The molecule has 2 aromatic heterocycles. The highest BCUT2D eigenvalue weighted by Crippen LogP contribution is 2.07. The fraction of sp³-hybridized carbons (Fsp3) is 0. The Morgan fingerprint density at radius 2 is 2.45 bits per heavy atom. The first-order valence-corrected chi connectivity index (χ1v) is 3.03. The van der Waals surface area contributed by atoms with Gasteiger partial charge in [0, 0.05) is 6.20 Å². The summed E-state index contributed by atoms with van der Waals surface area (Å²) in [5.41, 5.74) is 1.34. The van der Waals surface area contributed by atoms with E-state index in [-0.39, 0.29) is 0 Å². The monoisotopic (exact) mass is 146 g/mol. The normalized spacial score (nSPS) is 9.82. The lowest BCUT2D eigenvalue weighted by atomic mass is 10.3. The highest BCUT2D eigenvalue weighted by atomic mass is 15.3. The molecule has 0 aliphatic rings. The van der Waals surface area contributed by atoms with E-state index >= 15 is 0 Å². The Morgan fingerprint density at radius 3 is 3.09 bits per heavy atom. The smallest absolute Gasteiger partial charge is 0.145 e. The van der Waals surface area contributed by atoms with Gasteiger partial charge >= 0.3 is 0 Å². The maximum Gasteiger partial charge on any atom is 0.145 e. The fourth-order valence-corrected chi connectivity index (χ4v) is 0.724. The number of hydrogen-bond donors (Lipinski definition) is 1.